The fraction of sp³-hybridized carbons (Fsp3) is 0.929. The molecule has 4 N–H and O–H groups in total. The van der Waals surface area contributed by atoms with Crippen molar-refractivity contribution < 1.29 is 29.6 Å². The fourth-order valence-corrected chi connectivity index (χ4v) is 2.28. The maximum atomic E-state index is 11.3. The van der Waals surface area contributed by atoms with E-state index in [1.807, 2.05) is 6.92 Å². The molecule has 1 aliphatic heterocycles. The fourth-order valence-electron chi connectivity index (χ4n) is 2.28. The van der Waals surface area contributed by atoms with Crippen molar-refractivity contribution in [3.8, 4) is 0 Å². The van der Waals surface area contributed by atoms with Gasteiger partial charge in [-0.1, -0.05) is 6.92 Å². The Bertz CT molecular complexity index is 312. The second kappa shape index (κ2) is 9.32. The number of ether oxygens (including phenoxy) is 2. The van der Waals surface area contributed by atoms with Crippen LogP contribution in [0, 0.1) is 5.92 Å². The van der Waals surface area contributed by atoms with Crippen LogP contribution < -0.4 is 5.32 Å². The maximum Gasteiger partial charge on any atom is 0.219 e. The topological polar surface area (TPSA) is 108 Å². The van der Waals surface area contributed by atoms with Gasteiger partial charge in [0.2, 0.25) is 5.91 Å². The standard InChI is InChI=1S/C14H27NO6/c1-3-15-11(17)6-4-5-7-20-14-9(2)12(18)13(19)10(8-16)21-14/h9-10,12-14,16,18-19H,3-8H2,1-2H3,(H,15,17). The van der Waals surface area contributed by atoms with Crippen LogP contribution in [0.25, 0.3) is 0 Å². The number of nitrogens with one attached hydrogen (secondary N) is 1. The van der Waals surface area contributed by atoms with Gasteiger partial charge in [0.1, 0.15) is 12.2 Å². The summed E-state index contributed by atoms with van der Waals surface area (Å²) in [6.07, 6.45) is -1.73. The van der Waals surface area contributed by atoms with E-state index in [1.54, 1.807) is 6.92 Å². The highest BCUT2D eigenvalue weighted by Gasteiger charge is 2.42. The Balaban J connectivity index is 2.26. The van der Waals surface area contributed by atoms with Crippen LogP contribution in [0.1, 0.15) is 33.1 Å². The SMILES string of the molecule is CCNC(=O)CCCCOC1OC(CO)C(O)C(O)C1C. The Kier molecular flexibility index (Phi) is 8.13. The van der Waals surface area contributed by atoms with Crippen molar-refractivity contribution in [3.63, 3.8) is 0 Å². The van der Waals surface area contributed by atoms with Gasteiger partial charge in [0.15, 0.2) is 6.29 Å². The predicted molar refractivity (Wildman–Crippen MR) is 75.4 cm³/mol. The summed E-state index contributed by atoms with van der Waals surface area (Å²) in [6, 6.07) is 0. The molecule has 0 aromatic carbocycles. The smallest absolute Gasteiger partial charge is 0.219 e. The first-order chi connectivity index (χ1) is 10.0. The number of unbranched alkanes of at least 4 members (excludes halogenated alkanes) is 1. The molecule has 0 bridgehead atoms. The summed E-state index contributed by atoms with van der Waals surface area (Å²) >= 11 is 0. The van der Waals surface area contributed by atoms with Gasteiger partial charge in [0, 0.05) is 25.5 Å². The molecule has 0 aromatic rings. The average molecular weight is 305 g/mol. The van der Waals surface area contributed by atoms with E-state index in [0.717, 1.165) is 0 Å². The molecule has 0 radical (unpaired) electrons. The molecule has 1 saturated heterocycles. The van der Waals surface area contributed by atoms with Gasteiger partial charge >= 0.3 is 0 Å². The minimum Gasteiger partial charge on any atom is -0.394 e. The van der Waals surface area contributed by atoms with Crippen LogP contribution in [0.15, 0.2) is 0 Å². The van der Waals surface area contributed by atoms with E-state index < -0.39 is 24.6 Å². The zero-order chi connectivity index (χ0) is 15.8. The first-order valence-electron chi connectivity index (χ1n) is 7.52. The Morgan fingerprint density at radius 2 is 2.00 bits per heavy atom. The first-order valence-corrected chi connectivity index (χ1v) is 7.52. The van der Waals surface area contributed by atoms with E-state index in [2.05, 4.69) is 5.32 Å². The lowest BCUT2D eigenvalue weighted by atomic mass is 9.92. The molecule has 1 fully saturated rings. The third kappa shape index (κ3) is 5.52. The summed E-state index contributed by atoms with van der Waals surface area (Å²) in [6.45, 7) is 4.25. The molecule has 124 valence electrons. The predicted octanol–water partition coefficient (Wildman–Crippen LogP) is -0.615. The zero-order valence-electron chi connectivity index (χ0n) is 12.7. The molecule has 0 spiro atoms. The molecule has 1 aliphatic rings. The van der Waals surface area contributed by atoms with Crippen LogP contribution in [0.5, 0.6) is 0 Å². The summed E-state index contributed by atoms with van der Waals surface area (Å²) in [7, 11) is 0. The molecule has 1 rings (SSSR count). The quantitative estimate of drug-likeness (QED) is 0.445. The van der Waals surface area contributed by atoms with E-state index in [1.165, 1.54) is 0 Å². The van der Waals surface area contributed by atoms with Crippen molar-refractivity contribution in [1.82, 2.24) is 5.32 Å². The second-order valence-electron chi connectivity index (χ2n) is 5.35. The summed E-state index contributed by atoms with van der Waals surface area (Å²) in [5.74, 6) is -0.357. The third-order valence-electron chi connectivity index (χ3n) is 3.64. The summed E-state index contributed by atoms with van der Waals surface area (Å²) < 4.78 is 11.0. The van der Waals surface area contributed by atoms with Gasteiger partial charge in [0.25, 0.3) is 0 Å². The molecule has 21 heavy (non-hydrogen) atoms. The zero-order valence-corrected chi connectivity index (χ0v) is 12.7. The van der Waals surface area contributed by atoms with Crippen molar-refractivity contribution in [2.75, 3.05) is 19.8 Å². The minimum atomic E-state index is -1.11. The Morgan fingerprint density at radius 3 is 2.62 bits per heavy atom. The van der Waals surface area contributed by atoms with Gasteiger partial charge in [-0.25, -0.2) is 0 Å². The summed E-state index contributed by atoms with van der Waals surface area (Å²) in [4.78, 5) is 11.3. The van der Waals surface area contributed by atoms with Crippen molar-refractivity contribution in [3.05, 3.63) is 0 Å². The number of hydrogen-bond acceptors (Lipinski definition) is 6. The monoisotopic (exact) mass is 305 g/mol. The van der Waals surface area contributed by atoms with E-state index in [0.29, 0.717) is 32.4 Å². The Labute approximate surface area is 125 Å². The second-order valence-corrected chi connectivity index (χ2v) is 5.35. The number of amides is 1. The van der Waals surface area contributed by atoms with Crippen molar-refractivity contribution in [2.45, 2.75) is 57.7 Å². The number of carbonyl (C=O) groups is 1. The van der Waals surface area contributed by atoms with Crippen LogP contribution in [0.4, 0.5) is 0 Å². The van der Waals surface area contributed by atoms with Crippen LogP contribution >= 0.6 is 0 Å². The molecule has 1 amide bonds. The van der Waals surface area contributed by atoms with E-state index >= 15 is 0 Å². The lowest BCUT2D eigenvalue weighted by Crippen LogP contribution is -2.55. The van der Waals surface area contributed by atoms with E-state index in [9.17, 15) is 15.0 Å². The molecular weight excluding hydrogens is 278 g/mol. The number of carbonyl (C=O) groups excluding carboxylic acids is 1. The first kappa shape index (κ1) is 18.3. The highest BCUT2D eigenvalue weighted by Crippen LogP contribution is 2.26. The lowest BCUT2D eigenvalue weighted by Gasteiger charge is -2.40. The molecule has 0 aromatic heterocycles. The van der Waals surface area contributed by atoms with E-state index in [-0.39, 0.29) is 18.4 Å². The van der Waals surface area contributed by atoms with Crippen molar-refractivity contribution >= 4 is 5.91 Å². The van der Waals surface area contributed by atoms with E-state index in [4.69, 9.17) is 14.6 Å². The van der Waals surface area contributed by atoms with Crippen LogP contribution in [-0.2, 0) is 14.3 Å². The average Bonchev–Trinajstić information content (AvgIpc) is 2.47. The van der Waals surface area contributed by atoms with Crippen LogP contribution in [-0.4, -0.2) is 65.6 Å². The molecule has 7 nitrogen and oxygen atoms in total. The van der Waals surface area contributed by atoms with Gasteiger partial charge < -0.3 is 30.1 Å². The van der Waals surface area contributed by atoms with Gasteiger partial charge in [0.05, 0.1) is 12.7 Å². The van der Waals surface area contributed by atoms with Crippen LogP contribution in [0.2, 0.25) is 0 Å². The minimum absolute atomic E-state index is 0.0265. The highest BCUT2D eigenvalue weighted by atomic mass is 16.7. The number of hydrogen-bond donors (Lipinski definition) is 4. The largest absolute Gasteiger partial charge is 0.394 e. The Hall–Kier alpha value is -0.730. The van der Waals surface area contributed by atoms with Crippen LogP contribution in [0.3, 0.4) is 0 Å². The van der Waals surface area contributed by atoms with Gasteiger partial charge in [-0.2, -0.15) is 0 Å². The molecule has 5 atom stereocenters. The number of aliphatic hydroxyl groups is 3. The molecule has 7 heteroatoms. The summed E-state index contributed by atoms with van der Waals surface area (Å²) in [5.41, 5.74) is 0. The Morgan fingerprint density at radius 1 is 1.29 bits per heavy atom. The van der Waals surface area contributed by atoms with Gasteiger partial charge in [-0.05, 0) is 19.8 Å². The summed E-state index contributed by atoms with van der Waals surface area (Å²) in [5, 5.41) is 31.4. The molecule has 0 aliphatic carbocycles. The maximum absolute atomic E-state index is 11.3. The lowest BCUT2D eigenvalue weighted by molar-refractivity contribution is -0.282. The highest BCUT2D eigenvalue weighted by molar-refractivity contribution is 5.75. The third-order valence-corrected chi connectivity index (χ3v) is 3.64. The normalized spacial score (nSPS) is 32.9. The molecule has 0 saturated carbocycles. The molecule has 1 heterocycles. The molecule has 5 unspecified atom stereocenters. The number of aliphatic hydroxyl groups excluding tert-OH is 3. The van der Waals surface area contributed by atoms with Crippen molar-refractivity contribution in [1.29, 1.82) is 0 Å². The van der Waals surface area contributed by atoms with Gasteiger partial charge in [-0.15, -0.1) is 0 Å². The van der Waals surface area contributed by atoms with Gasteiger partial charge in [-0.3, -0.25) is 4.79 Å². The number of rotatable bonds is 8. The molecular formula is C14H27NO6. The van der Waals surface area contributed by atoms with Crippen molar-refractivity contribution in [2.24, 2.45) is 5.92 Å².